The van der Waals surface area contributed by atoms with Gasteiger partial charge in [0, 0.05) is 19.6 Å². The maximum Gasteiger partial charge on any atom is 0.318 e. The maximum absolute atomic E-state index is 12.5. The standard InChI is InChI=1S/C19H31N3O2/c1-5-21(4)14-16-9-6-8-15(12-16)13-20-18(23)22-11-7-10-17(22)19(2,3)24/h6,8-9,12,17,24H,5,7,10-11,13-14H2,1-4H3,(H,20,23). The van der Waals surface area contributed by atoms with Crippen molar-refractivity contribution in [3.63, 3.8) is 0 Å². The molecule has 134 valence electrons. The number of hydrogen-bond acceptors (Lipinski definition) is 3. The summed E-state index contributed by atoms with van der Waals surface area (Å²) >= 11 is 0. The molecule has 1 saturated heterocycles. The van der Waals surface area contributed by atoms with Gasteiger partial charge in [0.2, 0.25) is 0 Å². The van der Waals surface area contributed by atoms with E-state index in [1.807, 2.05) is 12.1 Å². The van der Waals surface area contributed by atoms with Gasteiger partial charge in [0.15, 0.2) is 0 Å². The van der Waals surface area contributed by atoms with Gasteiger partial charge in [-0.1, -0.05) is 31.2 Å². The van der Waals surface area contributed by atoms with Crippen molar-refractivity contribution >= 4 is 6.03 Å². The van der Waals surface area contributed by atoms with Crippen LogP contribution in [-0.4, -0.2) is 52.7 Å². The second-order valence-electron chi connectivity index (χ2n) is 7.31. The first kappa shape index (κ1) is 18.7. The van der Waals surface area contributed by atoms with Crippen molar-refractivity contribution in [1.82, 2.24) is 15.1 Å². The SMILES string of the molecule is CCN(C)Cc1cccc(CNC(=O)N2CCCC2C(C)(C)O)c1. The molecule has 1 aromatic rings. The van der Waals surface area contributed by atoms with Gasteiger partial charge in [-0.25, -0.2) is 4.79 Å². The molecule has 1 heterocycles. The molecule has 0 bridgehead atoms. The number of aliphatic hydroxyl groups is 1. The Morgan fingerprint density at radius 3 is 2.79 bits per heavy atom. The van der Waals surface area contributed by atoms with Crippen LogP contribution in [-0.2, 0) is 13.1 Å². The van der Waals surface area contributed by atoms with E-state index in [9.17, 15) is 9.90 Å². The van der Waals surface area contributed by atoms with Gasteiger partial charge in [-0.15, -0.1) is 0 Å². The molecule has 5 nitrogen and oxygen atoms in total. The van der Waals surface area contributed by atoms with Gasteiger partial charge < -0.3 is 20.2 Å². The van der Waals surface area contributed by atoms with Crippen LogP contribution in [0.5, 0.6) is 0 Å². The van der Waals surface area contributed by atoms with E-state index in [4.69, 9.17) is 0 Å². The lowest BCUT2D eigenvalue weighted by molar-refractivity contribution is 0.00979. The largest absolute Gasteiger partial charge is 0.388 e. The second-order valence-corrected chi connectivity index (χ2v) is 7.31. The molecular formula is C19H31N3O2. The van der Waals surface area contributed by atoms with Crippen molar-refractivity contribution in [2.45, 2.75) is 58.3 Å². The van der Waals surface area contributed by atoms with Gasteiger partial charge in [-0.3, -0.25) is 0 Å². The Hall–Kier alpha value is -1.59. The Balaban J connectivity index is 1.93. The van der Waals surface area contributed by atoms with Crippen LogP contribution in [0.25, 0.3) is 0 Å². The first-order valence-corrected chi connectivity index (χ1v) is 8.84. The zero-order valence-corrected chi connectivity index (χ0v) is 15.4. The first-order chi connectivity index (χ1) is 11.3. The third-order valence-electron chi connectivity index (χ3n) is 4.76. The Morgan fingerprint density at radius 1 is 1.42 bits per heavy atom. The van der Waals surface area contributed by atoms with Gasteiger partial charge in [0.1, 0.15) is 0 Å². The number of urea groups is 1. The van der Waals surface area contributed by atoms with Crippen LogP contribution in [0.15, 0.2) is 24.3 Å². The quantitative estimate of drug-likeness (QED) is 0.841. The molecular weight excluding hydrogens is 302 g/mol. The lowest BCUT2D eigenvalue weighted by atomic mass is 9.97. The third kappa shape index (κ3) is 4.95. The third-order valence-corrected chi connectivity index (χ3v) is 4.76. The van der Waals surface area contributed by atoms with E-state index < -0.39 is 5.60 Å². The summed E-state index contributed by atoms with van der Waals surface area (Å²) in [6, 6.07) is 8.13. The highest BCUT2D eigenvalue weighted by atomic mass is 16.3. The number of nitrogens with one attached hydrogen (secondary N) is 1. The number of likely N-dealkylation sites (tertiary alicyclic amines) is 1. The number of rotatable bonds is 6. The van der Waals surface area contributed by atoms with Gasteiger partial charge in [-0.05, 0) is 51.4 Å². The molecule has 1 unspecified atom stereocenters. The van der Waals surface area contributed by atoms with E-state index in [1.54, 1.807) is 18.7 Å². The number of hydrogen-bond donors (Lipinski definition) is 2. The van der Waals surface area contributed by atoms with Crippen molar-refractivity contribution in [3.8, 4) is 0 Å². The van der Waals surface area contributed by atoms with Crippen LogP contribution in [0.3, 0.4) is 0 Å². The van der Waals surface area contributed by atoms with Crippen molar-refractivity contribution in [3.05, 3.63) is 35.4 Å². The van der Waals surface area contributed by atoms with E-state index >= 15 is 0 Å². The summed E-state index contributed by atoms with van der Waals surface area (Å²) in [6.07, 6.45) is 1.80. The van der Waals surface area contributed by atoms with E-state index in [-0.39, 0.29) is 12.1 Å². The first-order valence-electron chi connectivity index (χ1n) is 8.84. The molecule has 0 spiro atoms. The Bertz CT molecular complexity index is 554. The van der Waals surface area contributed by atoms with Crippen LogP contribution >= 0.6 is 0 Å². The molecule has 2 N–H and O–H groups in total. The summed E-state index contributed by atoms with van der Waals surface area (Å²) in [5.41, 5.74) is 1.49. The summed E-state index contributed by atoms with van der Waals surface area (Å²) in [7, 11) is 2.10. The van der Waals surface area contributed by atoms with E-state index in [0.29, 0.717) is 13.1 Å². The van der Waals surface area contributed by atoms with E-state index in [2.05, 4.69) is 36.3 Å². The minimum atomic E-state index is -0.863. The molecule has 0 aliphatic carbocycles. The predicted octanol–water partition coefficient (Wildman–Crippen LogP) is 2.58. The number of amides is 2. The van der Waals surface area contributed by atoms with Crippen LogP contribution < -0.4 is 5.32 Å². The highest BCUT2D eigenvalue weighted by molar-refractivity contribution is 5.75. The molecule has 0 aromatic heterocycles. The van der Waals surface area contributed by atoms with Gasteiger partial charge in [0.05, 0.1) is 11.6 Å². The molecule has 1 fully saturated rings. The molecule has 1 aliphatic rings. The lowest BCUT2D eigenvalue weighted by Gasteiger charge is -2.33. The second kappa shape index (κ2) is 7.99. The topological polar surface area (TPSA) is 55.8 Å². The van der Waals surface area contributed by atoms with Crippen molar-refractivity contribution in [2.24, 2.45) is 0 Å². The van der Waals surface area contributed by atoms with Crippen LogP contribution in [0.1, 0.15) is 44.7 Å². The number of carbonyl (C=O) groups excluding carboxylic acids is 1. The fourth-order valence-electron chi connectivity index (χ4n) is 3.28. The van der Waals surface area contributed by atoms with Crippen LogP contribution in [0.4, 0.5) is 4.79 Å². The van der Waals surface area contributed by atoms with Gasteiger partial charge in [-0.2, -0.15) is 0 Å². The van der Waals surface area contributed by atoms with E-state index in [0.717, 1.165) is 31.5 Å². The lowest BCUT2D eigenvalue weighted by Crippen LogP contribution is -2.51. The number of nitrogens with zero attached hydrogens (tertiary/aromatic N) is 2. The number of benzene rings is 1. The summed E-state index contributed by atoms with van der Waals surface area (Å²) in [6.45, 7) is 8.83. The smallest absolute Gasteiger partial charge is 0.318 e. The molecule has 2 amide bonds. The molecule has 0 radical (unpaired) electrons. The molecule has 24 heavy (non-hydrogen) atoms. The molecule has 5 heteroatoms. The van der Waals surface area contributed by atoms with Gasteiger partial charge in [0.25, 0.3) is 0 Å². The molecule has 1 atom stereocenters. The Labute approximate surface area is 145 Å². The average Bonchev–Trinajstić information content (AvgIpc) is 3.03. The molecule has 1 aromatic carbocycles. The summed E-state index contributed by atoms with van der Waals surface area (Å²) in [4.78, 5) is 16.5. The van der Waals surface area contributed by atoms with Crippen molar-refractivity contribution in [2.75, 3.05) is 20.1 Å². The predicted molar refractivity (Wildman–Crippen MR) is 96.7 cm³/mol. The van der Waals surface area contributed by atoms with E-state index in [1.165, 1.54) is 5.56 Å². The normalized spacial score (nSPS) is 18.2. The summed E-state index contributed by atoms with van der Waals surface area (Å²) in [5.74, 6) is 0. The summed E-state index contributed by atoms with van der Waals surface area (Å²) < 4.78 is 0. The zero-order chi connectivity index (χ0) is 17.7. The summed E-state index contributed by atoms with van der Waals surface area (Å²) in [5, 5.41) is 13.2. The maximum atomic E-state index is 12.5. The minimum absolute atomic E-state index is 0.0873. The molecule has 2 rings (SSSR count). The Kier molecular flexibility index (Phi) is 6.24. The number of carbonyl (C=O) groups is 1. The molecule has 0 saturated carbocycles. The average molecular weight is 333 g/mol. The van der Waals surface area contributed by atoms with Crippen LogP contribution in [0.2, 0.25) is 0 Å². The fraction of sp³-hybridized carbons (Fsp3) is 0.632. The van der Waals surface area contributed by atoms with Crippen LogP contribution in [0, 0.1) is 0 Å². The highest BCUT2D eigenvalue weighted by Gasteiger charge is 2.38. The zero-order valence-electron chi connectivity index (χ0n) is 15.4. The fourth-order valence-corrected chi connectivity index (χ4v) is 3.28. The minimum Gasteiger partial charge on any atom is -0.388 e. The monoisotopic (exact) mass is 333 g/mol. The Morgan fingerprint density at radius 2 is 2.12 bits per heavy atom. The highest BCUT2D eigenvalue weighted by Crippen LogP contribution is 2.26. The van der Waals surface area contributed by atoms with Crippen molar-refractivity contribution < 1.29 is 9.90 Å². The molecule has 1 aliphatic heterocycles. The van der Waals surface area contributed by atoms with Gasteiger partial charge >= 0.3 is 6.03 Å². The van der Waals surface area contributed by atoms with Crippen molar-refractivity contribution in [1.29, 1.82) is 0 Å².